The topological polar surface area (TPSA) is 78.9 Å². The minimum Gasteiger partial charge on any atom is -0.462 e. The number of carbonyl (C=O) groups excluding carboxylic acids is 3. The third kappa shape index (κ3) is 57.9. The summed E-state index contributed by atoms with van der Waals surface area (Å²) < 4.78 is 16.9. The van der Waals surface area contributed by atoms with E-state index in [1.54, 1.807) is 0 Å². The van der Waals surface area contributed by atoms with Gasteiger partial charge in [0.05, 0.1) is 0 Å². The van der Waals surface area contributed by atoms with E-state index >= 15 is 0 Å². The number of carbonyl (C=O) groups is 3. The summed E-state index contributed by atoms with van der Waals surface area (Å²) in [6.45, 7) is 6.53. The van der Waals surface area contributed by atoms with Crippen molar-refractivity contribution in [2.24, 2.45) is 0 Å². The molecular weight excluding hydrogens is 877 g/mol. The molecule has 0 aromatic carbocycles. The van der Waals surface area contributed by atoms with Gasteiger partial charge in [-0.1, -0.05) is 274 Å². The van der Waals surface area contributed by atoms with Gasteiger partial charge in [0.15, 0.2) is 6.10 Å². The molecular formula is C65H116O6. The van der Waals surface area contributed by atoms with E-state index in [2.05, 4.69) is 81.5 Å². The van der Waals surface area contributed by atoms with Crippen LogP contribution in [0.4, 0.5) is 0 Å². The quantitative estimate of drug-likeness (QED) is 0.0261. The molecule has 0 bridgehead atoms. The fourth-order valence-electron chi connectivity index (χ4n) is 8.90. The lowest BCUT2D eigenvalue weighted by Gasteiger charge is -2.18. The van der Waals surface area contributed by atoms with Gasteiger partial charge in [-0.2, -0.15) is 0 Å². The molecule has 0 heterocycles. The highest BCUT2D eigenvalue weighted by Crippen LogP contribution is 2.17. The van der Waals surface area contributed by atoms with Gasteiger partial charge in [0.2, 0.25) is 0 Å². The Labute approximate surface area is 440 Å². The maximum absolute atomic E-state index is 12.9. The Hall–Kier alpha value is -2.89. The minimum atomic E-state index is -0.782. The first-order chi connectivity index (χ1) is 35.0. The molecule has 0 aliphatic carbocycles. The van der Waals surface area contributed by atoms with Gasteiger partial charge in [-0.25, -0.2) is 0 Å². The molecule has 0 saturated carbocycles. The van der Waals surface area contributed by atoms with Crippen molar-refractivity contribution >= 4 is 17.9 Å². The van der Waals surface area contributed by atoms with Crippen molar-refractivity contribution in [3.63, 3.8) is 0 Å². The van der Waals surface area contributed by atoms with Crippen LogP contribution in [0.3, 0.4) is 0 Å². The first kappa shape index (κ1) is 68.1. The lowest BCUT2D eigenvalue weighted by atomic mass is 10.0. The minimum absolute atomic E-state index is 0.0793. The average Bonchev–Trinajstić information content (AvgIpc) is 3.37. The van der Waals surface area contributed by atoms with Crippen molar-refractivity contribution < 1.29 is 28.6 Å². The zero-order chi connectivity index (χ0) is 51.4. The third-order valence-electron chi connectivity index (χ3n) is 13.5. The van der Waals surface area contributed by atoms with Gasteiger partial charge in [-0.05, 0) is 83.5 Å². The van der Waals surface area contributed by atoms with E-state index < -0.39 is 6.10 Å². The predicted octanol–water partition coefficient (Wildman–Crippen LogP) is 20.8. The number of allylic oxidation sites excluding steroid dienone is 10. The molecule has 0 saturated heterocycles. The number of hydrogen-bond donors (Lipinski definition) is 0. The lowest BCUT2D eigenvalue weighted by Crippen LogP contribution is -2.30. The Balaban J connectivity index is 4.36. The van der Waals surface area contributed by atoms with Gasteiger partial charge >= 0.3 is 17.9 Å². The molecule has 0 spiro atoms. The standard InChI is InChI=1S/C65H116O6/c1-4-7-10-13-16-19-22-25-28-30-32-34-37-40-43-46-49-52-55-58-64(67)70-61-62(60-69-63(66)57-54-51-48-45-42-39-36-27-24-21-18-15-12-9-6-3)71-65(68)59-56-53-50-47-44-41-38-35-33-31-29-26-23-20-17-14-11-8-5-2/h9,12,16,18-19,21,25,27-28,36,62H,4-8,10-11,13-15,17,20,22-24,26,29-35,37-61H2,1-3H3/b12-9-,19-16-,21-18-,28-25-,36-27-/t62-/m1/s1. The SMILES string of the molecule is CC/C=C\C/C=C\C/C=C\CCCCCCCC(=O)OC[C@H](COC(=O)CCCCCCCCCCC/C=C\C/C=C\CCCCC)OC(=O)CCCCCCCCCCCCCCCCCCCCC. The first-order valence-corrected chi connectivity index (χ1v) is 30.8. The second-order valence-corrected chi connectivity index (χ2v) is 20.6. The zero-order valence-corrected chi connectivity index (χ0v) is 47.2. The van der Waals surface area contributed by atoms with Crippen LogP contribution in [0.5, 0.6) is 0 Å². The van der Waals surface area contributed by atoms with Crippen molar-refractivity contribution in [1.29, 1.82) is 0 Å². The first-order valence-electron chi connectivity index (χ1n) is 30.8. The number of ether oxygens (including phenoxy) is 3. The monoisotopic (exact) mass is 993 g/mol. The van der Waals surface area contributed by atoms with Crippen LogP contribution in [0.15, 0.2) is 60.8 Å². The molecule has 0 amide bonds. The predicted molar refractivity (Wildman–Crippen MR) is 307 cm³/mol. The molecule has 0 N–H and O–H groups in total. The highest BCUT2D eigenvalue weighted by Gasteiger charge is 2.19. The smallest absolute Gasteiger partial charge is 0.306 e. The van der Waals surface area contributed by atoms with Crippen LogP contribution >= 0.6 is 0 Å². The normalized spacial score (nSPS) is 12.4. The number of rotatable bonds is 56. The van der Waals surface area contributed by atoms with Gasteiger partial charge < -0.3 is 14.2 Å². The molecule has 0 aromatic rings. The number of hydrogen-bond acceptors (Lipinski definition) is 6. The second kappa shape index (κ2) is 59.7. The molecule has 0 aromatic heterocycles. The molecule has 0 fully saturated rings. The molecule has 0 radical (unpaired) electrons. The second-order valence-electron chi connectivity index (χ2n) is 20.6. The van der Waals surface area contributed by atoms with Gasteiger partial charge in [0.25, 0.3) is 0 Å². The van der Waals surface area contributed by atoms with Crippen molar-refractivity contribution in [3.05, 3.63) is 60.8 Å². The summed E-state index contributed by atoms with van der Waals surface area (Å²) in [5.41, 5.74) is 0. The van der Waals surface area contributed by atoms with E-state index in [9.17, 15) is 14.4 Å². The average molecular weight is 994 g/mol. The molecule has 0 rings (SSSR count). The maximum Gasteiger partial charge on any atom is 0.306 e. The summed E-state index contributed by atoms with van der Waals surface area (Å²) in [4.78, 5) is 38.3. The van der Waals surface area contributed by atoms with E-state index in [1.807, 2.05) is 0 Å². The van der Waals surface area contributed by atoms with Crippen molar-refractivity contribution in [2.45, 2.75) is 322 Å². The molecule has 6 nitrogen and oxygen atoms in total. The summed E-state index contributed by atoms with van der Waals surface area (Å²) in [6, 6.07) is 0. The van der Waals surface area contributed by atoms with Gasteiger partial charge in [-0.15, -0.1) is 0 Å². The van der Waals surface area contributed by atoms with Crippen LogP contribution in [0.2, 0.25) is 0 Å². The fourth-order valence-corrected chi connectivity index (χ4v) is 8.90. The van der Waals surface area contributed by atoms with E-state index in [0.717, 1.165) is 103 Å². The highest BCUT2D eigenvalue weighted by atomic mass is 16.6. The number of unbranched alkanes of at least 4 members (excludes halogenated alkanes) is 35. The molecule has 71 heavy (non-hydrogen) atoms. The van der Waals surface area contributed by atoms with Crippen LogP contribution in [0, 0.1) is 0 Å². The van der Waals surface area contributed by atoms with Crippen LogP contribution < -0.4 is 0 Å². The largest absolute Gasteiger partial charge is 0.462 e. The van der Waals surface area contributed by atoms with Gasteiger partial charge in [0, 0.05) is 19.3 Å². The highest BCUT2D eigenvalue weighted by molar-refractivity contribution is 5.71. The summed E-state index contributed by atoms with van der Waals surface area (Å²) in [6.07, 6.45) is 75.0. The van der Waals surface area contributed by atoms with E-state index in [-0.39, 0.29) is 31.1 Å². The van der Waals surface area contributed by atoms with Gasteiger partial charge in [-0.3, -0.25) is 14.4 Å². The van der Waals surface area contributed by atoms with Crippen LogP contribution in [0.25, 0.3) is 0 Å². The van der Waals surface area contributed by atoms with E-state index in [1.165, 1.54) is 173 Å². The van der Waals surface area contributed by atoms with Crippen molar-refractivity contribution in [1.82, 2.24) is 0 Å². The van der Waals surface area contributed by atoms with Crippen LogP contribution in [-0.4, -0.2) is 37.2 Å². The lowest BCUT2D eigenvalue weighted by molar-refractivity contribution is -0.167. The molecule has 0 aliphatic heterocycles. The molecule has 1 atom stereocenters. The fraction of sp³-hybridized carbons (Fsp3) is 0.800. The Morgan fingerprint density at radius 2 is 0.549 bits per heavy atom. The molecule has 6 heteroatoms. The summed E-state index contributed by atoms with van der Waals surface area (Å²) in [5, 5.41) is 0. The summed E-state index contributed by atoms with van der Waals surface area (Å²) >= 11 is 0. The van der Waals surface area contributed by atoms with Crippen LogP contribution in [-0.2, 0) is 28.6 Å². The Kier molecular flexibility index (Phi) is 57.2. The van der Waals surface area contributed by atoms with Crippen LogP contribution in [0.1, 0.15) is 316 Å². The Morgan fingerprint density at radius 3 is 0.887 bits per heavy atom. The molecule has 0 aliphatic rings. The summed E-state index contributed by atoms with van der Waals surface area (Å²) in [5.74, 6) is -0.883. The molecule has 412 valence electrons. The Morgan fingerprint density at radius 1 is 0.296 bits per heavy atom. The van der Waals surface area contributed by atoms with E-state index in [4.69, 9.17) is 14.2 Å². The van der Waals surface area contributed by atoms with Gasteiger partial charge in [0.1, 0.15) is 13.2 Å². The maximum atomic E-state index is 12.9. The Bertz CT molecular complexity index is 1280. The number of esters is 3. The third-order valence-corrected chi connectivity index (χ3v) is 13.5. The van der Waals surface area contributed by atoms with Crippen molar-refractivity contribution in [2.75, 3.05) is 13.2 Å². The summed E-state index contributed by atoms with van der Waals surface area (Å²) in [7, 11) is 0. The van der Waals surface area contributed by atoms with Crippen molar-refractivity contribution in [3.8, 4) is 0 Å². The van der Waals surface area contributed by atoms with E-state index in [0.29, 0.717) is 19.3 Å². The molecule has 0 unspecified atom stereocenters. The zero-order valence-electron chi connectivity index (χ0n) is 47.2.